The summed E-state index contributed by atoms with van der Waals surface area (Å²) >= 11 is 0. The van der Waals surface area contributed by atoms with Crippen molar-refractivity contribution in [1.29, 1.82) is 0 Å². The third-order valence-electron chi connectivity index (χ3n) is 3.07. The second-order valence-electron chi connectivity index (χ2n) is 4.71. The zero-order valence-electron chi connectivity index (χ0n) is 13.3. The Morgan fingerprint density at radius 1 is 1.00 bits per heavy atom. The molecular formula is C16H17KO2P+. The fourth-order valence-electron chi connectivity index (χ4n) is 2.30. The van der Waals surface area contributed by atoms with Crippen molar-refractivity contribution in [3.8, 4) is 0 Å². The number of rotatable bonds is 3. The van der Waals surface area contributed by atoms with E-state index in [1.165, 1.54) is 0 Å². The second-order valence-corrected chi connectivity index (χ2v) is 6.22. The van der Waals surface area contributed by atoms with Crippen LogP contribution in [-0.4, -0.2) is 5.52 Å². The van der Waals surface area contributed by atoms with E-state index in [1.807, 2.05) is 39.0 Å². The molecule has 0 aliphatic heterocycles. The Morgan fingerprint density at radius 2 is 1.50 bits per heavy atom. The van der Waals surface area contributed by atoms with Gasteiger partial charge in [0.1, 0.15) is 0 Å². The molecule has 98 valence electrons. The summed E-state index contributed by atoms with van der Waals surface area (Å²) in [7, 11) is -2.04. The van der Waals surface area contributed by atoms with E-state index in [0.717, 1.165) is 16.7 Å². The van der Waals surface area contributed by atoms with Crippen molar-refractivity contribution in [2.24, 2.45) is 0 Å². The van der Waals surface area contributed by atoms with E-state index in [2.05, 4.69) is 0 Å². The minimum absolute atomic E-state index is 0. The Bertz CT molecular complexity index is 634. The molecule has 0 aliphatic rings. The maximum Gasteiger partial charge on any atom is 1.00 e. The molecule has 0 aromatic heterocycles. The van der Waals surface area contributed by atoms with Crippen LogP contribution in [0, 0.1) is 20.8 Å². The van der Waals surface area contributed by atoms with Crippen LogP contribution in [0.25, 0.3) is 0 Å². The Kier molecular flexibility index (Phi) is 6.93. The molecule has 0 fully saturated rings. The van der Waals surface area contributed by atoms with Crippen molar-refractivity contribution in [2.75, 3.05) is 0 Å². The Morgan fingerprint density at radius 3 is 2.00 bits per heavy atom. The summed E-state index contributed by atoms with van der Waals surface area (Å²) in [4.78, 5) is 12.4. The molecule has 0 radical (unpaired) electrons. The van der Waals surface area contributed by atoms with Gasteiger partial charge in [0.25, 0.3) is 0 Å². The van der Waals surface area contributed by atoms with Gasteiger partial charge in [-0.25, -0.2) is 4.79 Å². The summed E-state index contributed by atoms with van der Waals surface area (Å²) in [6.45, 7) is 5.77. The SMILES string of the molecule is Cc1cc(C)c(C(=O)[P+](=O)c2ccccc2)c(C)c1.[H-].[K+]. The molecule has 2 rings (SSSR count). The van der Waals surface area contributed by atoms with Gasteiger partial charge in [-0.15, -0.1) is 0 Å². The van der Waals surface area contributed by atoms with Gasteiger partial charge < -0.3 is 1.43 Å². The van der Waals surface area contributed by atoms with Gasteiger partial charge in [-0.05, 0) is 44.0 Å². The summed E-state index contributed by atoms with van der Waals surface area (Å²) in [6, 6.07) is 12.8. The quantitative estimate of drug-likeness (QED) is 0.626. The van der Waals surface area contributed by atoms with Gasteiger partial charge in [-0.3, -0.25) is 0 Å². The molecule has 0 aliphatic carbocycles. The Labute approximate surface area is 164 Å². The van der Waals surface area contributed by atoms with Crippen LogP contribution in [-0.2, 0) is 4.57 Å². The van der Waals surface area contributed by atoms with E-state index < -0.39 is 7.80 Å². The van der Waals surface area contributed by atoms with Crippen LogP contribution in [0.5, 0.6) is 0 Å². The first kappa shape index (κ1) is 17.9. The van der Waals surface area contributed by atoms with Crippen molar-refractivity contribution in [3.05, 3.63) is 64.7 Å². The molecule has 1 unspecified atom stereocenters. The largest absolute Gasteiger partial charge is 1.00 e. The number of hydrogen-bond acceptors (Lipinski definition) is 2. The van der Waals surface area contributed by atoms with Crippen molar-refractivity contribution < 1.29 is 62.2 Å². The Balaban J connectivity index is 0.00000200. The smallest absolute Gasteiger partial charge is 1.00 e. The standard InChI is InChI=1S/C16H16O2P.K.H/c1-11-9-12(2)15(13(3)10-11)16(17)19(18)14-7-5-4-6-8-14;;/h4-10H,1-3H3;;/q2*+1;-1. The van der Waals surface area contributed by atoms with Crippen LogP contribution < -0.4 is 56.7 Å². The van der Waals surface area contributed by atoms with E-state index in [0.29, 0.717) is 10.9 Å². The van der Waals surface area contributed by atoms with Crippen molar-refractivity contribution in [2.45, 2.75) is 20.8 Å². The zero-order valence-corrected chi connectivity index (χ0v) is 16.3. The third-order valence-corrected chi connectivity index (χ3v) is 4.43. The summed E-state index contributed by atoms with van der Waals surface area (Å²) in [5.41, 5.74) is 3.21. The van der Waals surface area contributed by atoms with E-state index in [4.69, 9.17) is 0 Å². The van der Waals surface area contributed by atoms with E-state index in [1.54, 1.807) is 24.3 Å². The molecule has 20 heavy (non-hydrogen) atoms. The normalized spacial score (nSPS) is 10.7. The minimum atomic E-state index is -2.04. The predicted octanol–water partition coefficient (Wildman–Crippen LogP) is 1.02. The van der Waals surface area contributed by atoms with Gasteiger partial charge in [-0.2, -0.15) is 0 Å². The molecule has 0 N–H and O–H groups in total. The summed E-state index contributed by atoms with van der Waals surface area (Å²) in [6.07, 6.45) is 0. The van der Waals surface area contributed by atoms with Crippen LogP contribution in [0.3, 0.4) is 0 Å². The maximum atomic E-state index is 12.4. The van der Waals surface area contributed by atoms with Gasteiger partial charge in [0.15, 0.2) is 5.30 Å². The fraction of sp³-hybridized carbons (Fsp3) is 0.188. The van der Waals surface area contributed by atoms with Crippen molar-refractivity contribution in [1.82, 2.24) is 0 Å². The maximum absolute atomic E-state index is 12.4. The minimum Gasteiger partial charge on any atom is -1.00 e. The summed E-state index contributed by atoms with van der Waals surface area (Å²) < 4.78 is 12.3. The first-order valence-electron chi connectivity index (χ1n) is 6.15. The molecule has 0 saturated carbocycles. The van der Waals surface area contributed by atoms with Gasteiger partial charge >= 0.3 is 64.7 Å². The van der Waals surface area contributed by atoms with Crippen LogP contribution >= 0.6 is 7.80 Å². The predicted molar refractivity (Wildman–Crippen MR) is 79.8 cm³/mol. The average molecular weight is 311 g/mol. The molecular weight excluding hydrogens is 294 g/mol. The number of hydrogen-bond donors (Lipinski definition) is 0. The molecule has 2 aromatic carbocycles. The van der Waals surface area contributed by atoms with Crippen molar-refractivity contribution >= 4 is 18.6 Å². The van der Waals surface area contributed by atoms with E-state index >= 15 is 0 Å². The first-order chi connectivity index (χ1) is 9.00. The molecule has 2 aromatic rings. The molecule has 0 saturated heterocycles. The van der Waals surface area contributed by atoms with Crippen molar-refractivity contribution in [3.63, 3.8) is 0 Å². The van der Waals surface area contributed by atoms with Crippen LogP contribution in [0.2, 0.25) is 0 Å². The molecule has 0 amide bonds. The molecule has 0 bridgehead atoms. The fourth-order valence-corrected chi connectivity index (χ4v) is 3.53. The number of aryl methyl sites for hydroxylation is 3. The van der Waals surface area contributed by atoms with Crippen LogP contribution in [0.1, 0.15) is 28.5 Å². The van der Waals surface area contributed by atoms with Gasteiger partial charge in [-0.1, -0.05) is 40.5 Å². The molecule has 4 heteroatoms. The second kappa shape index (κ2) is 7.74. The average Bonchev–Trinajstić information content (AvgIpc) is 2.37. The topological polar surface area (TPSA) is 34.1 Å². The van der Waals surface area contributed by atoms with Gasteiger partial charge in [0.2, 0.25) is 0 Å². The Hall–Kier alpha value is -0.154. The third kappa shape index (κ3) is 3.94. The molecule has 0 heterocycles. The number of carbonyl (C=O) groups excluding carboxylic acids is 1. The summed E-state index contributed by atoms with van der Waals surface area (Å²) in [5.74, 6) is 0. The monoisotopic (exact) mass is 311 g/mol. The van der Waals surface area contributed by atoms with E-state index in [9.17, 15) is 9.36 Å². The van der Waals surface area contributed by atoms with Crippen LogP contribution in [0.4, 0.5) is 0 Å². The summed E-state index contributed by atoms with van der Waals surface area (Å²) in [5, 5.41) is 0.585. The number of benzene rings is 2. The molecule has 0 spiro atoms. The van der Waals surface area contributed by atoms with Gasteiger partial charge in [0.05, 0.1) is 5.56 Å². The first-order valence-corrected chi connectivity index (χ1v) is 7.41. The zero-order chi connectivity index (χ0) is 14.0. The molecule has 2 nitrogen and oxygen atoms in total. The van der Waals surface area contributed by atoms with Crippen LogP contribution in [0.15, 0.2) is 42.5 Å². The molecule has 1 atom stereocenters. The number of carbonyl (C=O) groups is 1. The van der Waals surface area contributed by atoms with Gasteiger partial charge in [0, 0.05) is 0 Å². The van der Waals surface area contributed by atoms with E-state index in [-0.39, 0.29) is 58.3 Å².